The highest BCUT2D eigenvalue weighted by Gasteiger charge is 2.27. The molecule has 0 spiro atoms. The monoisotopic (exact) mass is 374 g/mol. The van der Waals surface area contributed by atoms with Crippen molar-refractivity contribution in [2.75, 3.05) is 13.1 Å². The molecule has 1 fully saturated rings. The van der Waals surface area contributed by atoms with Gasteiger partial charge in [-0.15, -0.1) is 11.3 Å². The summed E-state index contributed by atoms with van der Waals surface area (Å²) in [6.07, 6.45) is 3.46. The number of piperidine rings is 1. The summed E-state index contributed by atoms with van der Waals surface area (Å²) in [6.45, 7) is 1.46. The molecular weight excluding hydrogens is 356 g/mol. The van der Waals surface area contributed by atoms with Crippen LogP contribution in [0.4, 0.5) is 0 Å². The van der Waals surface area contributed by atoms with E-state index in [1.165, 1.54) is 9.71 Å². The third-order valence-electron chi connectivity index (χ3n) is 5.11. The number of nitrogens with zero attached hydrogens (tertiary/aromatic N) is 4. The summed E-state index contributed by atoms with van der Waals surface area (Å²) >= 11 is 1.77. The van der Waals surface area contributed by atoms with Crippen molar-refractivity contribution in [3.8, 4) is 0 Å². The molecule has 1 aliphatic heterocycles. The first-order valence-electron chi connectivity index (χ1n) is 9.14. The lowest BCUT2D eigenvalue weighted by molar-refractivity contribution is 0.0707. The Morgan fingerprint density at radius 3 is 2.41 bits per heavy atom. The van der Waals surface area contributed by atoms with Gasteiger partial charge in [0.1, 0.15) is 5.69 Å². The van der Waals surface area contributed by atoms with Crippen molar-refractivity contribution < 1.29 is 4.79 Å². The molecule has 3 heterocycles. The lowest BCUT2D eigenvalue weighted by Crippen LogP contribution is -2.38. The van der Waals surface area contributed by atoms with Crippen LogP contribution in [0.25, 0.3) is 21.3 Å². The molecular formula is C21H18N4OS. The highest BCUT2D eigenvalue weighted by atomic mass is 32.1. The van der Waals surface area contributed by atoms with Gasteiger partial charge < -0.3 is 4.90 Å². The van der Waals surface area contributed by atoms with E-state index >= 15 is 0 Å². The lowest BCUT2D eigenvalue weighted by Gasteiger charge is -2.30. The molecule has 0 bridgehead atoms. The van der Waals surface area contributed by atoms with Crippen molar-refractivity contribution in [2.24, 2.45) is 0 Å². The molecule has 0 unspecified atom stereocenters. The van der Waals surface area contributed by atoms with E-state index in [2.05, 4.69) is 28.2 Å². The van der Waals surface area contributed by atoms with Gasteiger partial charge in [-0.3, -0.25) is 9.78 Å². The topological polar surface area (TPSA) is 59.0 Å². The van der Waals surface area contributed by atoms with Gasteiger partial charge in [-0.2, -0.15) is 0 Å². The molecule has 0 saturated carbocycles. The lowest BCUT2D eigenvalue weighted by atomic mass is 9.97. The SMILES string of the molecule is O=C(c1cnc2ccccc2n1)N1CCC(c2nc3ccccc3s2)CC1. The number of amides is 1. The van der Waals surface area contributed by atoms with Crippen molar-refractivity contribution in [2.45, 2.75) is 18.8 Å². The Labute approximate surface area is 160 Å². The summed E-state index contributed by atoms with van der Waals surface area (Å²) in [7, 11) is 0. The molecule has 0 radical (unpaired) electrons. The molecule has 2 aromatic heterocycles. The van der Waals surface area contributed by atoms with Gasteiger partial charge in [-0.05, 0) is 37.1 Å². The number of hydrogen-bond acceptors (Lipinski definition) is 5. The summed E-state index contributed by atoms with van der Waals surface area (Å²) in [5.74, 6) is 0.394. The van der Waals surface area contributed by atoms with E-state index in [9.17, 15) is 4.79 Å². The van der Waals surface area contributed by atoms with Crippen LogP contribution in [0.3, 0.4) is 0 Å². The third kappa shape index (κ3) is 3.06. The van der Waals surface area contributed by atoms with Crippen molar-refractivity contribution in [1.82, 2.24) is 19.9 Å². The van der Waals surface area contributed by atoms with Crippen LogP contribution in [-0.4, -0.2) is 38.8 Å². The van der Waals surface area contributed by atoms with E-state index in [-0.39, 0.29) is 5.91 Å². The molecule has 0 atom stereocenters. The first kappa shape index (κ1) is 16.3. The summed E-state index contributed by atoms with van der Waals surface area (Å²) in [4.78, 5) is 28.4. The maximum Gasteiger partial charge on any atom is 0.274 e. The molecule has 0 aliphatic carbocycles. The molecule has 1 amide bonds. The van der Waals surface area contributed by atoms with Gasteiger partial charge in [0.25, 0.3) is 5.91 Å². The fraction of sp³-hybridized carbons (Fsp3) is 0.238. The zero-order chi connectivity index (χ0) is 18.2. The van der Waals surface area contributed by atoms with E-state index in [0.29, 0.717) is 11.6 Å². The molecule has 27 heavy (non-hydrogen) atoms. The van der Waals surface area contributed by atoms with Crippen molar-refractivity contribution in [3.63, 3.8) is 0 Å². The number of fused-ring (bicyclic) bond motifs is 2. The second-order valence-electron chi connectivity index (χ2n) is 6.83. The largest absolute Gasteiger partial charge is 0.337 e. The highest BCUT2D eigenvalue weighted by Crippen LogP contribution is 2.34. The van der Waals surface area contributed by atoms with Gasteiger partial charge in [0.2, 0.25) is 0 Å². The van der Waals surface area contributed by atoms with Crippen LogP contribution in [0.1, 0.15) is 34.3 Å². The van der Waals surface area contributed by atoms with Gasteiger partial charge in [0.05, 0.1) is 32.5 Å². The normalized spacial score (nSPS) is 15.5. The number of carbonyl (C=O) groups excluding carboxylic acids is 1. The second-order valence-corrected chi connectivity index (χ2v) is 7.89. The Bertz CT molecular complexity index is 1100. The van der Waals surface area contributed by atoms with Crippen LogP contribution in [0.15, 0.2) is 54.7 Å². The summed E-state index contributed by atoms with van der Waals surface area (Å²) in [5.41, 5.74) is 3.06. The minimum absolute atomic E-state index is 0.0315. The van der Waals surface area contributed by atoms with Crippen LogP contribution < -0.4 is 0 Å². The Morgan fingerprint density at radius 1 is 0.926 bits per heavy atom. The number of hydrogen-bond donors (Lipinski definition) is 0. The summed E-state index contributed by atoms with van der Waals surface area (Å²) in [6, 6.07) is 15.9. The average Bonchev–Trinajstić information content (AvgIpc) is 3.17. The Kier molecular flexibility index (Phi) is 4.05. The summed E-state index contributed by atoms with van der Waals surface area (Å²) in [5, 5.41) is 1.19. The molecule has 0 N–H and O–H groups in total. The summed E-state index contributed by atoms with van der Waals surface area (Å²) < 4.78 is 1.23. The number of thiazole rings is 1. The van der Waals surface area contributed by atoms with Crippen molar-refractivity contribution >= 4 is 38.5 Å². The minimum Gasteiger partial charge on any atom is -0.337 e. The third-order valence-corrected chi connectivity index (χ3v) is 6.31. The fourth-order valence-electron chi connectivity index (χ4n) is 3.62. The van der Waals surface area contributed by atoms with Gasteiger partial charge in [0, 0.05) is 19.0 Å². The smallest absolute Gasteiger partial charge is 0.274 e. The maximum atomic E-state index is 12.8. The molecule has 134 valence electrons. The van der Waals surface area contributed by atoms with Crippen LogP contribution in [0.5, 0.6) is 0 Å². The molecule has 5 nitrogen and oxygen atoms in total. The predicted molar refractivity (Wildman–Crippen MR) is 107 cm³/mol. The van der Waals surface area contributed by atoms with E-state index in [1.807, 2.05) is 35.2 Å². The zero-order valence-corrected chi connectivity index (χ0v) is 15.5. The molecule has 5 rings (SSSR count). The predicted octanol–water partition coefficient (Wildman–Crippen LogP) is 4.26. The van der Waals surface area contributed by atoms with E-state index in [4.69, 9.17) is 4.98 Å². The van der Waals surface area contributed by atoms with Crippen molar-refractivity contribution in [3.05, 3.63) is 65.4 Å². The number of para-hydroxylation sites is 3. The first-order chi connectivity index (χ1) is 13.3. The fourth-order valence-corrected chi connectivity index (χ4v) is 4.75. The average molecular weight is 374 g/mol. The number of likely N-dealkylation sites (tertiary alicyclic amines) is 1. The van der Waals surface area contributed by atoms with Gasteiger partial charge in [-0.1, -0.05) is 24.3 Å². The number of benzene rings is 2. The van der Waals surface area contributed by atoms with Gasteiger partial charge in [-0.25, -0.2) is 9.97 Å². The minimum atomic E-state index is -0.0315. The molecule has 1 saturated heterocycles. The number of carbonyl (C=O) groups is 1. The van der Waals surface area contributed by atoms with E-state index in [0.717, 1.165) is 42.5 Å². The van der Waals surface area contributed by atoms with Crippen LogP contribution in [0.2, 0.25) is 0 Å². The van der Waals surface area contributed by atoms with Crippen LogP contribution in [0, 0.1) is 0 Å². The molecule has 4 aromatic rings. The van der Waals surface area contributed by atoms with Gasteiger partial charge >= 0.3 is 0 Å². The number of aromatic nitrogens is 3. The Morgan fingerprint density at radius 2 is 1.63 bits per heavy atom. The maximum absolute atomic E-state index is 12.8. The van der Waals surface area contributed by atoms with Gasteiger partial charge in [0.15, 0.2) is 0 Å². The van der Waals surface area contributed by atoms with Crippen molar-refractivity contribution in [1.29, 1.82) is 0 Å². The Hall–Kier alpha value is -2.86. The molecule has 6 heteroatoms. The quantitative estimate of drug-likeness (QED) is 0.526. The van der Waals surface area contributed by atoms with Crippen LogP contribution in [-0.2, 0) is 0 Å². The number of rotatable bonds is 2. The van der Waals surface area contributed by atoms with Crippen LogP contribution >= 0.6 is 11.3 Å². The highest BCUT2D eigenvalue weighted by molar-refractivity contribution is 7.18. The standard InChI is InChI=1S/C21H18N4OS/c26-21(18-13-22-15-5-1-2-6-16(15)23-18)25-11-9-14(10-12-25)20-24-17-7-3-4-8-19(17)27-20/h1-8,13-14H,9-12H2. The van der Waals surface area contributed by atoms with E-state index < -0.39 is 0 Å². The second kappa shape index (κ2) is 6.70. The zero-order valence-electron chi connectivity index (χ0n) is 14.7. The van der Waals surface area contributed by atoms with E-state index in [1.54, 1.807) is 17.5 Å². The molecule has 2 aromatic carbocycles. The molecule has 1 aliphatic rings. The Balaban J connectivity index is 1.31. The first-order valence-corrected chi connectivity index (χ1v) is 9.96.